The van der Waals surface area contributed by atoms with E-state index in [1.807, 2.05) is 36.4 Å². The van der Waals surface area contributed by atoms with Gasteiger partial charge in [-0.05, 0) is 54.5 Å². The first kappa shape index (κ1) is 34.2. The highest BCUT2D eigenvalue weighted by Gasteiger charge is 2.33. The summed E-state index contributed by atoms with van der Waals surface area (Å²) in [6.07, 6.45) is 3.32. The average molecular weight is 697 g/mol. The smallest absolute Gasteiger partial charge is 0.340 e. The van der Waals surface area contributed by atoms with Gasteiger partial charge in [0.25, 0.3) is 5.91 Å². The summed E-state index contributed by atoms with van der Waals surface area (Å²) in [6.45, 7) is 4.30. The third-order valence-electron chi connectivity index (χ3n) is 8.45. The Balaban J connectivity index is 1.20. The molecule has 0 bridgehead atoms. The van der Waals surface area contributed by atoms with Crippen LogP contribution in [0.4, 0.5) is 0 Å². The topological polar surface area (TPSA) is 101 Å². The van der Waals surface area contributed by atoms with Crippen LogP contribution in [0.5, 0.6) is 5.75 Å². The Hall–Kier alpha value is -4.64. The minimum absolute atomic E-state index is 0.0470. The first-order valence-corrected chi connectivity index (χ1v) is 17.6. The number of nitrogens with one attached hydrogen (secondary N) is 1. The molecule has 0 radical (unpaired) electrons. The zero-order valence-electron chi connectivity index (χ0n) is 27.1. The van der Waals surface area contributed by atoms with Crippen LogP contribution in [0.3, 0.4) is 0 Å². The molecule has 1 fully saturated rings. The van der Waals surface area contributed by atoms with Gasteiger partial charge in [0, 0.05) is 48.7 Å². The second kappa shape index (κ2) is 16.2. The van der Waals surface area contributed by atoms with E-state index in [1.54, 1.807) is 54.4 Å². The fourth-order valence-electron chi connectivity index (χ4n) is 6.04. The predicted molar refractivity (Wildman–Crippen MR) is 191 cm³/mol. The lowest BCUT2D eigenvalue weighted by atomic mass is 9.96. The van der Waals surface area contributed by atoms with E-state index in [4.69, 9.17) is 21.1 Å². The molecule has 0 spiro atoms. The van der Waals surface area contributed by atoms with Crippen LogP contribution in [0.1, 0.15) is 40.0 Å². The summed E-state index contributed by atoms with van der Waals surface area (Å²) in [4.78, 5) is 49.1. The van der Waals surface area contributed by atoms with Crippen LogP contribution in [-0.4, -0.2) is 83.8 Å². The number of carbonyl (C=O) groups excluding carboxylic acids is 3. The highest BCUT2D eigenvalue weighted by molar-refractivity contribution is 7.99. The number of nitrogens with zero attached hydrogens (tertiary/aromatic N) is 3. The number of thioether (sulfide) groups is 1. The van der Waals surface area contributed by atoms with Gasteiger partial charge in [-0.3, -0.25) is 14.5 Å². The quantitative estimate of drug-likeness (QED) is 0.153. The van der Waals surface area contributed by atoms with Gasteiger partial charge in [-0.1, -0.05) is 72.3 Å². The first-order valence-electron chi connectivity index (χ1n) is 16.2. The summed E-state index contributed by atoms with van der Waals surface area (Å²) in [7, 11) is 0. The van der Waals surface area contributed by atoms with Crippen molar-refractivity contribution in [3.05, 3.63) is 130 Å². The Morgan fingerprint density at radius 1 is 0.939 bits per heavy atom. The minimum atomic E-state index is -0.901. The third kappa shape index (κ3) is 8.33. The first-order chi connectivity index (χ1) is 23.9. The molecule has 0 saturated carbocycles. The van der Waals surface area contributed by atoms with Gasteiger partial charge in [-0.15, -0.1) is 11.8 Å². The Kier molecular flexibility index (Phi) is 11.3. The van der Waals surface area contributed by atoms with Gasteiger partial charge in [0.2, 0.25) is 5.91 Å². The van der Waals surface area contributed by atoms with Crippen LogP contribution in [0.2, 0.25) is 5.02 Å². The number of amides is 2. The number of benzene rings is 3. The SMILES string of the molecule is CCOC(=O)c1cccnc1SCC(NC(=O)C1=Cc2cc(Cl)ccc2OC1)C(=O)N1CCN(C(c2ccccc2)c2ccccc2)CC1. The number of piperazine rings is 1. The van der Waals surface area contributed by atoms with Gasteiger partial charge in [0.05, 0.1) is 23.8 Å². The molecule has 9 nitrogen and oxygen atoms in total. The fraction of sp³-hybridized carbons (Fsp3) is 0.263. The number of hydrogen-bond acceptors (Lipinski definition) is 8. The van der Waals surface area contributed by atoms with Crippen LogP contribution < -0.4 is 10.1 Å². The number of rotatable bonds is 11. The van der Waals surface area contributed by atoms with E-state index < -0.39 is 17.9 Å². The van der Waals surface area contributed by atoms with Crippen molar-refractivity contribution >= 4 is 47.2 Å². The van der Waals surface area contributed by atoms with E-state index in [9.17, 15) is 14.4 Å². The van der Waals surface area contributed by atoms with Crippen molar-refractivity contribution in [1.29, 1.82) is 0 Å². The maximum atomic E-state index is 14.2. The molecule has 3 aromatic carbocycles. The average Bonchev–Trinajstić information content (AvgIpc) is 3.14. The number of ether oxygens (including phenoxy) is 2. The molecule has 2 amide bonds. The molecule has 252 valence electrons. The molecule has 1 atom stereocenters. The largest absolute Gasteiger partial charge is 0.488 e. The van der Waals surface area contributed by atoms with E-state index in [0.717, 1.165) is 0 Å². The molecule has 2 aliphatic heterocycles. The molecule has 1 saturated heterocycles. The molecule has 49 heavy (non-hydrogen) atoms. The van der Waals surface area contributed by atoms with Crippen molar-refractivity contribution in [3.8, 4) is 5.75 Å². The van der Waals surface area contributed by atoms with E-state index in [0.29, 0.717) is 58.7 Å². The lowest BCUT2D eigenvalue weighted by Gasteiger charge is -2.40. The van der Waals surface area contributed by atoms with Crippen LogP contribution in [0.25, 0.3) is 6.08 Å². The molecule has 2 aliphatic rings. The summed E-state index contributed by atoms with van der Waals surface area (Å²) < 4.78 is 11.0. The zero-order valence-corrected chi connectivity index (χ0v) is 28.7. The van der Waals surface area contributed by atoms with Crippen LogP contribution in [0.15, 0.2) is 108 Å². The van der Waals surface area contributed by atoms with E-state index >= 15 is 0 Å². The Morgan fingerprint density at radius 3 is 2.31 bits per heavy atom. The molecule has 1 unspecified atom stereocenters. The predicted octanol–water partition coefficient (Wildman–Crippen LogP) is 5.90. The molecular formula is C38H37ClN4O5S. The van der Waals surface area contributed by atoms with Gasteiger partial charge < -0.3 is 19.7 Å². The molecule has 1 N–H and O–H groups in total. The number of esters is 1. The summed E-state index contributed by atoms with van der Waals surface area (Å²) in [5.74, 6) is -0.322. The van der Waals surface area contributed by atoms with Gasteiger partial charge >= 0.3 is 5.97 Å². The number of aromatic nitrogens is 1. The van der Waals surface area contributed by atoms with E-state index in [1.165, 1.54) is 22.9 Å². The van der Waals surface area contributed by atoms with Gasteiger partial charge in [-0.2, -0.15) is 0 Å². The molecule has 4 aromatic rings. The van der Waals surface area contributed by atoms with Gasteiger partial charge in [-0.25, -0.2) is 9.78 Å². The summed E-state index contributed by atoms with van der Waals surface area (Å²) in [5, 5.41) is 3.92. The van der Waals surface area contributed by atoms with Crippen molar-refractivity contribution in [2.45, 2.75) is 24.0 Å². The molecule has 1 aromatic heterocycles. The second-order valence-corrected chi connectivity index (χ2v) is 13.1. The maximum absolute atomic E-state index is 14.2. The van der Waals surface area contributed by atoms with Crippen molar-refractivity contribution in [1.82, 2.24) is 20.1 Å². The Morgan fingerprint density at radius 2 is 1.63 bits per heavy atom. The highest BCUT2D eigenvalue weighted by Crippen LogP contribution is 2.31. The highest BCUT2D eigenvalue weighted by atomic mass is 35.5. The minimum Gasteiger partial charge on any atom is -0.488 e. The van der Waals surface area contributed by atoms with Crippen LogP contribution >= 0.6 is 23.4 Å². The standard InChI is InChI=1S/C38H37ClN4O5S/c1-2-47-38(46)31-14-9-17-40-36(31)49-25-32(41-35(44)29-22-28-23-30(39)15-16-33(28)48-24-29)37(45)43-20-18-42(19-21-43)34(26-10-5-3-6-11-26)27-12-7-4-8-13-27/h3-17,22-23,32,34H,2,18-21,24-25H2,1H3,(H,41,44). The molecule has 3 heterocycles. The monoisotopic (exact) mass is 696 g/mol. The number of carbonyl (C=O) groups is 3. The maximum Gasteiger partial charge on any atom is 0.340 e. The number of halogens is 1. The van der Waals surface area contributed by atoms with E-state index in [2.05, 4.69) is 39.5 Å². The van der Waals surface area contributed by atoms with Crippen LogP contribution in [0, 0.1) is 0 Å². The Labute approximate surface area is 295 Å². The van der Waals surface area contributed by atoms with Crippen LogP contribution in [-0.2, 0) is 14.3 Å². The molecule has 11 heteroatoms. The Bertz CT molecular complexity index is 1780. The number of fused-ring (bicyclic) bond motifs is 1. The van der Waals surface area contributed by atoms with E-state index in [-0.39, 0.29) is 30.9 Å². The number of hydrogen-bond donors (Lipinski definition) is 1. The number of pyridine rings is 1. The molecule has 0 aliphatic carbocycles. The molecule has 6 rings (SSSR count). The van der Waals surface area contributed by atoms with Crippen molar-refractivity contribution < 1.29 is 23.9 Å². The lowest BCUT2D eigenvalue weighted by Crippen LogP contribution is -2.56. The van der Waals surface area contributed by atoms with Crippen molar-refractivity contribution in [2.24, 2.45) is 0 Å². The summed E-state index contributed by atoms with van der Waals surface area (Å²) in [5.41, 5.74) is 3.75. The van der Waals surface area contributed by atoms with Gasteiger partial charge in [0.15, 0.2) is 0 Å². The normalized spacial score (nSPS) is 15.1. The molecular weight excluding hydrogens is 660 g/mol. The van der Waals surface area contributed by atoms with Crippen molar-refractivity contribution in [2.75, 3.05) is 45.1 Å². The fourth-order valence-corrected chi connectivity index (χ4v) is 7.22. The lowest BCUT2D eigenvalue weighted by molar-refractivity contribution is -0.137. The third-order valence-corrected chi connectivity index (χ3v) is 9.79. The van der Waals surface area contributed by atoms with Gasteiger partial charge in [0.1, 0.15) is 23.4 Å². The summed E-state index contributed by atoms with van der Waals surface area (Å²) in [6, 6.07) is 28.4. The summed E-state index contributed by atoms with van der Waals surface area (Å²) >= 11 is 7.42. The van der Waals surface area contributed by atoms with Crippen molar-refractivity contribution in [3.63, 3.8) is 0 Å². The second-order valence-electron chi connectivity index (χ2n) is 11.6. The zero-order chi connectivity index (χ0) is 34.2.